The van der Waals surface area contributed by atoms with Crippen LogP contribution in [0, 0.1) is 0 Å². The highest BCUT2D eigenvalue weighted by Crippen LogP contribution is 2.25. The van der Waals surface area contributed by atoms with E-state index in [-0.39, 0.29) is 0 Å². The Hall–Kier alpha value is -1.53. The Balaban J connectivity index is 2.29. The van der Waals surface area contributed by atoms with Crippen molar-refractivity contribution in [3.63, 3.8) is 0 Å². The molecule has 0 radical (unpaired) electrons. The van der Waals surface area contributed by atoms with Gasteiger partial charge in [0.25, 0.3) is 0 Å². The number of nitrogens with one attached hydrogen (secondary N) is 1. The third kappa shape index (κ3) is 4.47. The molecule has 6 heteroatoms. The van der Waals surface area contributed by atoms with Crippen LogP contribution in [0.2, 0.25) is 0 Å². The predicted molar refractivity (Wildman–Crippen MR) is 86.3 cm³/mol. The summed E-state index contributed by atoms with van der Waals surface area (Å²) in [6, 6.07) is 3.94. The fourth-order valence-corrected chi connectivity index (χ4v) is 2.33. The molecule has 0 unspecified atom stereocenters. The normalized spacial score (nSPS) is 10.6. The molecule has 1 N–H and O–H groups in total. The molecule has 0 saturated carbocycles. The summed E-state index contributed by atoms with van der Waals surface area (Å²) in [7, 11) is 1.66. The molecule has 0 aliphatic carbocycles. The van der Waals surface area contributed by atoms with Crippen LogP contribution in [-0.4, -0.2) is 28.6 Å². The maximum atomic E-state index is 5.21. The number of nitrogens with zero attached hydrogens (tertiary/aromatic N) is 3. The molecule has 112 valence electrons. The van der Waals surface area contributed by atoms with Gasteiger partial charge in [0.1, 0.15) is 11.6 Å². The number of methoxy groups -OCH3 is 1. The Morgan fingerprint density at radius 2 is 2.19 bits per heavy atom. The average Bonchev–Trinajstić information content (AvgIpc) is 2.50. The number of hydrogen-bond donors (Lipinski definition) is 1. The van der Waals surface area contributed by atoms with E-state index >= 15 is 0 Å². The van der Waals surface area contributed by atoms with Crippen LogP contribution in [0.15, 0.2) is 29.0 Å². The number of rotatable bonds is 7. The minimum Gasteiger partial charge on any atom is -0.378 e. The molecule has 0 aliphatic rings. The molecule has 0 spiro atoms. The quantitative estimate of drug-likeness (QED) is 0.830. The monoisotopic (exact) mass is 350 g/mol. The number of halogens is 1. The van der Waals surface area contributed by atoms with E-state index in [1.165, 1.54) is 0 Å². The van der Waals surface area contributed by atoms with Crippen molar-refractivity contribution in [2.45, 2.75) is 26.4 Å². The van der Waals surface area contributed by atoms with Crippen LogP contribution >= 0.6 is 15.9 Å². The van der Waals surface area contributed by atoms with Crippen molar-refractivity contribution in [3.8, 4) is 0 Å². The van der Waals surface area contributed by atoms with Gasteiger partial charge in [0.2, 0.25) is 0 Å². The topological polar surface area (TPSA) is 59.9 Å². The first-order chi connectivity index (χ1) is 10.2. The van der Waals surface area contributed by atoms with Crippen molar-refractivity contribution in [3.05, 3.63) is 46.1 Å². The zero-order chi connectivity index (χ0) is 15.1. The van der Waals surface area contributed by atoms with Crippen molar-refractivity contribution >= 4 is 21.7 Å². The minimum absolute atomic E-state index is 0.448. The molecule has 2 heterocycles. The Labute approximate surface area is 133 Å². The van der Waals surface area contributed by atoms with Gasteiger partial charge in [-0.1, -0.05) is 13.0 Å². The smallest absolute Gasteiger partial charge is 0.144 e. The van der Waals surface area contributed by atoms with Crippen molar-refractivity contribution in [2.75, 3.05) is 19.0 Å². The lowest BCUT2D eigenvalue weighted by molar-refractivity contribution is 0.180. The van der Waals surface area contributed by atoms with Gasteiger partial charge >= 0.3 is 0 Å². The summed E-state index contributed by atoms with van der Waals surface area (Å²) >= 11 is 3.55. The summed E-state index contributed by atoms with van der Waals surface area (Å²) < 4.78 is 6.08. The first kappa shape index (κ1) is 15.9. The zero-order valence-corrected chi connectivity index (χ0v) is 13.9. The summed E-state index contributed by atoms with van der Waals surface area (Å²) in [4.78, 5) is 13.3. The highest BCUT2D eigenvalue weighted by atomic mass is 79.9. The number of hydrogen-bond acceptors (Lipinski definition) is 5. The average molecular weight is 351 g/mol. The highest BCUT2D eigenvalue weighted by Gasteiger charge is 2.12. The van der Waals surface area contributed by atoms with Crippen LogP contribution < -0.4 is 5.32 Å². The molecule has 0 fully saturated rings. The molecule has 2 rings (SSSR count). The maximum Gasteiger partial charge on any atom is 0.144 e. The van der Waals surface area contributed by atoms with Gasteiger partial charge in [-0.3, -0.25) is 4.98 Å². The number of ether oxygens (including phenoxy) is 1. The summed E-state index contributed by atoms with van der Waals surface area (Å²) in [5, 5.41) is 3.32. The van der Waals surface area contributed by atoms with E-state index < -0.39 is 0 Å². The Morgan fingerprint density at radius 1 is 1.33 bits per heavy atom. The third-order valence-electron chi connectivity index (χ3n) is 2.87. The van der Waals surface area contributed by atoms with Crippen LogP contribution in [0.4, 0.5) is 5.82 Å². The lowest BCUT2D eigenvalue weighted by atomic mass is 10.2. The van der Waals surface area contributed by atoms with E-state index in [1.807, 2.05) is 18.3 Å². The molecule has 0 amide bonds. The summed E-state index contributed by atoms with van der Waals surface area (Å²) in [5.74, 6) is 1.58. The molecule has 0 aliphatic heterocycles. The van der Waals surface area contributed by atoms with Gasteiger partial charge in [-0.15, -0.1) is 0 Å². The van der Waals surface area contributed by atoms with Gasteiger partial charge in [-0.2, -0.15) is 0 Å². The second-order valence-electron chi connectivity index (χ2n) is 4.65. The molecular weight excluding hydrogens is 332 g/mol. The maximum absolute atomic E-state index is 5.21. The van der Waals surface area contributed by atoms with Crippen molar-refractivity contribution < 1.29 is 4.74 Å². The van der Waals surface area contributed by atoms with Crippen LogP contribution in [0.3, 0.4) is 0 Å². The van der Waals surface area contributed by atoms with Crippen LogP contribution in [0.5, 0.6) is 0 Å². The molecule has 0 aromatic carbocycles. The van der Waals surface area contributed by atoms with Crippen LogP contribution in [0.1, 0.15) is 30.4 Å². The molecule has 0 saturated heterocycles. The number of pyridine rings is 1. The first-order valence-corrected chi connectivity index (χ1v) is 7.71. The van der Waals surface area contributed by atoms with Gasteiger partial charge in [-0.25, -0.2) is 9.97 Å². The Kier molecular flexibility index (Phi) is 6.07. The fraction of sp³-hybridized carbons (Fsp3) is 0.400. The van der Waals surface area contributed by atoms with E-state index in [0.717, 1.165) is 40.3 Å². The Bertz CT molecular complexity index is 577. The van der Waals surface area contributed by atoms with E-state index in [9.17, 15) is 0 Å². The second kappa shape index (κ2) is 8.05. The van der Waals surface area contributed by atoms with Crippen molar-refractivity contribution in [1.82, 2.24) is 15.0 Å². The molecule has 0 atom stereocenters. The molecule has 2 aromatic heterocycles. The van der Waals surface area contributed by atoms with Gasteiger partial charge in [0.05, 0.1) is 16.8 Å². The zero-order valence-electron chi connectivity index (χ0n) is 12.3. The van der Waals surface area contributed by atoms with E-state index in [2.05, 4.69) is 43.1 Å². The molecular formula is C15H19BrN4O. The second-order valence-corrected chi connectivity index (χ2v) is 5.44. The van der Waals surface area contributed by atoms with Crippen molar-refractivity contribution in [1.29, 1.82) is 0 Å². The van der Waals surface area contributed by atoms with Gasteiger partial charge in [0.15, 0.2) is 0 Å². The van der Waals surface area contributed by atoms with Gasteiger partial charge in [-0.05, 0) is 34.0 Å². The third-order valence-corrected chi connectivity index (χ3v) is 3.71. The summed E-state index contributed by atoms with van der Waals surface area (Å²) in [6.45, 7) is 3.44. The largest absolute Gasteiger partial charge is 0.378 e. The number of anilines is 1. The van der Waals surface area contributed by atoms with Crippen LogP contribution in [0.25, 0.3) is 0 Å². The summed E-state index contributed by atoms with van der Waals surface area (Å²) in [6.07, 6.45) is 5.28. The Morgan fingerprint density at radius 3 is 2.86 bits per heavy atom. The fourth-order valence-electron chi connectivity index (χ4n) is 1.90. The van der Waals surface area contributed by atoms with E-state index in [4.69, 9.17) is 4.74 Å². The van der Waals surface area contributed by atoms with E-state index in [1.54, 1.807) is 13.3 Å². The van der Waals surface area contributed by atoms with Gasteiger partial charge in [0, 0.05) is 32.5 Å². The summed E-state index contributed by atoms with van der Waals surface area (Å²) in [5.41, 5.74) is 1.94. The minimum atomic E-state index is 0.448. The standard InChI is InChI=1S/C15H19BrN4O/c1-3-6-18-15-14(16)12(10-21-2)19-13(20-15)8-11-5-4-7-17-9-11/h4-5,7,9H,3,6,8,10H2,1-2H3,(H,18,19,20). The first-order valence-electron chi connectivity index (χ1n) is 6.91. The predicted octanol–water partition coefficient (Wildman–Crippen LogP) is 3.19. The molecule has 2 aromatic rings. The lowest BCUT2D eigenvalue weighted by Gasteiger charge is -2.12. The molecule has 0 bridgehead atoms. The van der Waals surface area contributed by atoms with E-state index in [0.29, 0.717) is 13.0 Å². The highest BCUT2D eigenvalue weighted by molar-refractivity contribution is 9.10. The SMILES string of the molecule is CCCNc1nc(Cc2cccnc2)nc(COC)c1Br. The molecule has 5 nitrogen and oxygen atoms in total. The van der Waals surface area contributed by atoms with Crippen molar-refractivity contribution in [2.24, 2.45) is 0 Å². The van der Waals surface area contributed by atoms with Gasteiger partial charge < -0.3 is 10.1 Å². The van der Waals surface area contributed by atoms with Crippen LogP contribution in [-0.2, 0) is 17.8 Å². The number of aromatic nitrogens is 3. The molecule has 21 heavy (non-hydrogen) atoms. The lowest BCUT2D eigenvalue weighted by Crippen LogP contribution is -2.10.